The first-order valence-corrected chi connectivity index (χ1v) is 9.30. The van der Waals surface area contributed by atoms with Crippen LogP contribution in [0.2, 0.25) is 0 Å². The van der Waals surface area contributed by atoms with Crippen LogP contribution in [0.15, 0.2) is 82.4 Å². The predicted molar refractivity (Wildman–Crippen MR) is 112 cm³/mol. The molecule has 0 bridgehead atoms. The van der Waals surface area contributed by atoms with E-state index in [1.807, 2.05) is 25.1 Å². The molecule has 1 amide bonds. The third-order valence-electron chi connectivity index (χ3n) is 3.95. The molecule has 5 nitrogen and oxygen atoms in total. The second-order valence-electron chi connectivity index (χ2n) is 5.95. The Bertz CT molecular complexity index is 1030. The average molecular weight is 437 g/mol. The van der Waals surface area contributed by atoms with Crippen molar-refractivity contribution in [1.29, 1.82) is 0 Å². The van der Waals surface area contributed by atoms with Crippen molar-refractivity contribution in [2.75, 3.05) is 0 Å². The molecule has 3 aromatic carbocycles. The Kier molecular flexibility index (Phi) is 6.34. The van der Waals surface area contributed by atoms with E-state index in [1.165, 1.54) is 6.21 Å². The molecule has 0 aliphatic heterocycles. The SMILES string of the molecule is Cc1ccccc1C(=O)Oc1ccc(C=NNC(=O)c2ccccc2Br)cc1. The molecular weight excluding hydrogens is 420 g/mol. The van der Waals surface area contributed by atoms with Crippen molar-refractivity contribution in [3.05, 3.63) is 99.5 Å². The van der Waals surface area contributed by atoms with Gasteiger partial charge in [-0.3, -0.25) is 4.79 Å². The topological polar surface area (TPSA) is 67.8 Å². The standard InChI is InChI=1S/C22H17BrN2O3/c1-15-6-2-3-7-18(15)22(27)28-17-12-10-16(11-13-17)14-24-25-21(26)19-8-4-5-9-20(19)23/h2-14H,1H3,(H,25,26). The van der Waals surface area contributed by atoms with E-state index in [-0.39, 0.29) is 5.91 Å². The zero-order chi connectivity index (χ0) is 19.9. The van der Waals surface area contributed by atoms with E-state index in [2.05, 4.69) is 26.5 Å². The van der Waals surface area contributed by atoms with Crippen LogP contribution in [0, 0.1) is 6.92 Å². The van der Waals surface area contributed by atoms with Crippen molar-refractivity contribution < 1.29 is 14.3 Å². The summed E-state index contributed by atoms with van der Waals surface area (Å²) >= 11 is 3.33. The minimum absolute atomic E-state index is 0.312. The fourth-order valence-electron chi connectivity index (χ4n) is 2.46. The molecule has 3 aromatic rings. The van der Waals surface area contributed by atoms with Crippen molar-refractivity contribution in [2.24, 2.45) is 5.10 Å². The minimum Gasteiger partial charge on any atom is -0.423 e. The van der Waals surface area contributed by atoms with Gasteiger partial charge in [-0.15, -0.1) is 0 Å². The second kappa shape index (κ2) is 9.10. The number of benzene rings is 3. The first kappa shape index (κ1) is 19.5. The van der Waals surface area contributed by atoms with E-state index in [0.717, 1.165) is 11.1 Å². The molecule has 0 aromatic heterocycles. The van der Waals surface area contributed by atoms with Gasteiger partial charge < -0.3 is 4.74 Å². The number of nitrogens with one attached hydrogen (secondary N) is 1. The number of hydrazone groups is 1. The first-order valence-electron chi connectivity index (χ1n) is 8.50. The zero-order valence-corrected chi connectivity index (χ0v) is 16.6. The third kappa shape index (κ3) is 4.92. The number of ether oxygens (including phenoxy) is 1. The molecule has 0 saturated heterocycles. The number of amides is 1. The second-order valence-corrected chi connectivity index (χ2v) is 6.81. The van der Waals surface area contributed by atoms with Crippen molar-refractivity contribution in [3.63, 3.8) is 0 Å². The van der Waals surface area contributed by atoms with E-state index < -0.39 is 5.97 Å². The number of rotatable bonds is 5. The molecular formula is C22H17BrN2O3. The summed E-state index contributed by atoms with van der Waals surface area (Å²) in [5, 5.41) is 3.96. The number of carbonyl (C=O) groups excluding carboxylic acids is 2. The van der Waals surface area contributed by atoms with Crippen LogP contribution in [0.25, 0.3) is 0 Å². The van der Waals surface area contributed by atoms with Crippen LogP contribution in [-0.2, 0) is 0 Å². The van der Waals surface area contributed by atoms with E-state index >= 15 is 0 Å². The fraction of sp³-hybridized carbons (Fsp3) is 0.0455. The van der Waals surface area contributed by atoms with Crippen LogP contribution in [0.1, 0.15) is 31.8 Å². The molecule has 1 N–H and O–H groups in total. The lowest BCUT2D eigenvalue weighted by Gasteiger charge is -2.06. The number of halogens is 1. The Morgan fingerprint density at radius 3 is 2.25 bits per heavy atom. The average Bonchev–Trinajstić information content (AvgIpc) is 2.70. The van der Waals surface area contributed by atoms with Gasteiger partial charge in [0.15, 0.2) is 0 Å². The number of aryl methyl sites for hydroxylation is 1. The molecule has 0 unspecified atom stereocenters. The molecule has 0 fully saturated rings. The Balaban J connectivity index is 1.59. The quantitative estimate of drug-likeness (QED) is 0.271. The molecule has 140 valence electrons. The summed E-state index contributed by atoms with van der Waals surface area (Å²) in [6.07, 6.45) is 1.52. The van der Waals surface area contributed by atoms with E-state index in [1.54, 1.807) is 54.6 Å². The maximum absolute atomic E-state index is 12.2. The Morgan fingerprint density at radius 1 is 0.929 bits per heavy atom. The van der Waals surface area contributed by atoms with Gasteiger partial charge in [0.1, 0.15) is 5.75 Å². The van der Waals surface area contributed by atoms with Gasteiger partial charge in [-0.25, -0.2) is 10.2 Å². The maximum atomic E-state index is 12.2. The Labute approximate surface area is 171 Å². The highest BCUT2D eigenvalue weighted by Crippen LogP contribution is 2.16. The smallest absolute Gasteiger partial charge is 0.343 e. The monoisotopic (exact) mass is 436 g/mol. The molecule has 6 heteroatoms. The summed E-state index contributed by atoms with van der Waals surface area (Å²) in [5.41, 5.74) is 5.12. The minimum atomic E-state index is -0.403. The van der Waals surface area contributed by atoms with Crippen LogP contribution in [0.5, 0.6) is 5.75 Å². The Hall–Kier alpha value is -3.25. The van der Waals surface area contributed by atoms with Gasteiger partial charge in [0, 0.05) is 4.47 Å². The first-order chi connectivity index (χ1) is 13.5. The molecule has 0 heterocycles. The summed E-state index contributed by atoms with van der Waals surface area (Å²) in [4.78, 5) is 24.3. The number of hydrogen-bond acceptors (Lipinski definition) is 4. The van der Waals surface area contributed by atoms with Gasteiger partial charge in [0.05, 0.1) is 17.3 Å². The van der Waals surface area contributed by atoms with Crippen LogP contribution in [-0.4, -0.2) is 18.1 Å². The molecule has 28 heavy (non-hydrogen) atoms. The summed E-state index contributed by atoms with van der Waals surface area (Å²) < 4.78 is 6.09. The van der Waals surface area contributed by atoms with Crippen LogP contribution in [0.4, 0.5) is 0 Å². The van der Waals surface area contributed by atoms with E-state index in [0.29, 0.717) is 21.3 Å². The van der Waals surface area contributed by atoms with Crippen molar-refractivity contribution in [1.82, 2.24) is 5.43 Å². The molecule has 0 atom stereocenters. The van der Waals surface area contributed by atoms with Gasteiger partial charge in [-0.2, -0.15) is 5.10 Å². The largest absolute Gasteiger partial charge is 0.423 e. The third-order valence-corrected chi connectivity index (χ3v) is 4.65. The number of nitrogens with zero attached hydrogens (tertiary/aromatic N) is 1. The highest BCUT2D eigenvalue weighted by molar-refractivity contribution is 9.10. The highest BCUT2D eigenvalue weighted by atomic mass is 79.9. The summed E-state index contributed by atoms with van der Waals surface area (Å²) in [7, 11) is 0. The lowest BCUT2D eigenvalue weighted by molar-refractivity contribution is 0.0733. The summed E-state index contributed by atoms with van der Waals surface area (Å²) in [6, 6.07) is 21.2. The van der Waals surface area contributed by atoms with Gasteiger partial charge >= 0.3 is 5.97 Å². The normalized spacial score (nSPS) is 10.6. The molecule has 0 radical (unpaired) electrons. The lowest BCUT2D eigenvalue weighted by Crippen LogP contribution is -2.18. The van der Waals surface area contributed by atoms with Gasteiger partial charge in [0.2, 0.25) is 0 Å². The molecule has 0 saturated carbocycles. The van der Waals surface area contributed by atoms with Gasteiger partial charge in [0.25, 0.3) is 5.91 Å². The number of hydrogen-bond donors (Lipinski definition) is 1. The number of carbonyl (C=O) groups is 2. The van der Waals surface area contributed by atoms with Crippen LogP contribution >= 0.6 is 15.9 Å². The van der Waals surface area contributed by atoms with Crippen molar-refractivity contribution in [3.8, 4) is 5.75 Å². The predicted octanol–water partition coefficient (Wildman–Crippen LogP) is 4.74. The number of esters is 1. The van der Waals surface area contributed by atoms with Crippen LogP contribution < -0.4 is 10.2 Å². The molecule has 3 rings (SSSR count). The Morgan fingerprint density at radius 2 is 1.57 bits per heavy atom. The zero-order valence-electron chi connectivity index (χ0n) is 15.1. The maximum Gasteiger partial charge on any atom is 0.343 e. The summed E-state index contributed by atoms with van der Waals surface area (Å²) in [5.74, 6) is -0.282. The fourth-order valence-corrected chi connectivity index (χ4v) is 2.92. The van der Waals surface area contributed by atoms with E-state index in [9.17, 15) is 9.59 Å². The summed E-state index contributed by atoms with van der Waals surface area (Å²) in [6.45, 7) is 1.86. The lowest BCUT2D eigenvalue weighted by atomic mass is 10.1. The van der Waals surface area contributed by atoms with Gasteiger partial charge in [-0.05, 0) is 76.4 Å². The molecule has 0 aliphatic rings. The molecule has 0 aliphatic carbocycles. The van der Waals surface area contributed by atoms with E-state index in [4.69, 9.17) is 4.74 Å². The van der Waals surface area contributed by atoms with Crippen LogP contribution in [0.3, 0.4) is 0 Å². The van der Waals surface area contributed by atoms with Crippen molar-refractivity contribution >= 4 is 34.0 Å². The molecule has 0 spiro atoms. The van der Waals surface area contributed by atoms with Crippen molar-refractivity contribution in [2.45, 2.75) is 6.92 Å². The van der Waals surface area contributed by atoms with Gasteiger partial charge in [-0.1, -0.05) is 30.3 Å². The highest BCUT2D eigenvalue weighted by Gasteiger charge is 2.11.